The number of hydrogen-bond donors (Lipinski definition) is 0. The predicted octanol–water partition coefficient (Wildman–Crippen LogP) is 3.87. The van der Waals surface area contributed by atoms with E-state index in [0.29, 0.717) is 11.1 Å². The molecule has 0 unspecified atom stereocenters. The molecule has 0 N–H and O–H groups in total. The lowest BCUT2D eigenvalue weighted by Crippen LogP contribution is -2.10. The number of pyridine rings is 1. The summed E-state index contributed by atoms with van der Waals surface area (Å²) in [5.41, 5.74) is 0.634. The van der Waals surface area contributed by atoms with Gasteiger partial charge in [0.2, 0.25) is 0 Å². The zero-order valence-corrected chi connectivity index (χ0v) is 14.7. The van der Waals surface area contributed by atoms with Crippen molar-refractivity contribution in [3.05, 3.63) is 89.0 Å². The molecular formula is C18H11ClFNO4S. The molecule has 5 nitrogen and oxygen atoms in total. The summed E-state index contributed by atoms with van der Waals surface area (Å²) in [6.07, 6.45) is 1.09. The highest BCUT2D eigenvalue weighted by Crippen LogP contribution is 2.21. The zero-order chi connectivity index (χ0) is 18.7. The van der Waals surface area contributed by atoms with Crippen molar-refractivity contribution in [1.82, 2.24) is 4.98 Å². The Labute approximate surface area is 154 Å². The molecule has 3 aromatic rings. The van der Waals surface area contributed by atoms with Crippen LogP contribution in [0.25, 0.3) is 0 Å². The van der Waals surface area contributed by atoms with Crippen molar-refractivity contribution in [3.8, 4) is 5.75 Å². The highest BCUT2D eigenvalue weighted by molar-refractivity contribution is 7.87. The number of benzene rings is 2. The van der Waals surface area contributed by atoms with Crippen molar-refractivity contribution >= 4 is 27.5 Å². The summed E-state index contributed by atoms with van der Waals surface area (Å²) in [5, 5.41) is 0.160. The van der Waals surface area contributed by atoms with Gasteiger partial charge in [-0.3, -0.25) is 4.79 Å². The highest BCUT2D eigenvalue weighted by Gasteiger charge is 2.17. The van der Waals surface area contributed by atoms with Crippen LogP contribution in [0.15, 0.2) is 71.8 Å². The standard InChI is InChI=1S/C18H11ClFNO4S/c19-17-10-9-16(11-21-17)26(23,24)25-15-7-3-13(4-8-15)18(22)12-1-5-14(20)6-2-12/h1-11H. The summed E-state index contributed by atoms with van der Waals surface area (Å²) in [6.45, 7) is 0. The molecule has 1 aromatic heterocycles. The Kier molecular flexibility index (Phi) is 5.01. The van der Waals surface area contributed by atoms with E-state index >= 15 is 0 Å². The summed E-state index contributed by atoms with van der Waals surface area (Å²) >= 11 is 5.63. The maximum absolute atomic E-state index is 12.9. The molecule has 0 saturated heterocycles. The van der Waals surface area contributed by atoms with Gasteiger partial charge in [-0.05, 0) is 60.7 Å². The van der Waals surface area contributed by atoms with Gasteiger partial charge in [0.25, 0.3) is 0 Å². The summed E-state index contributed by atoms with van der Waals surface area (Å²) < 4.78 is 42.3. The maximum atomic E-state index is 12.9. The summed E-state index contributed by atoms with van der Waals surface area (Å²) in [5.74, 6) is -0.718. The average Bonchev–Trinajstić information content (AvgIpc) is 2.62. The molecule has 0 atom stereocenters. The van der Waals surface area contributed by atoms with E-state index in [9.17, 15) is 17.6 Å². The van der Waals surface area contributed by atoms with Crippen LogP contribution in [0, 0.1) is 5.82 Å². The Bertz CT molecular complexity index is 1030. The van der Waals surface area contributed by atoms with E-state index < -0.39 is 15.9 Å². The number of ketones is 1. The second-order valence-corrected chi connectivity index (χ2v) is 7.15. The van der Waals surface area contributed by atoms with Crippen LogP contribution in [0.5, 0.6) is 5.75 Å². The van der Waals surface area contributed by atoms with E-state index in [4.69, 9.17) is 15.8 Å². The summed E-state index contributed by atoms with van der Waals surface area (Å²) in [6, 6.07) is 13.3. The van der Waals surface area contributed by atoms with E-state index in [1.165, 1.54) is 60.7 Å². The lowest BCUT2D eigenvalue weighted by atomic mass is 10.0. The van der Waals surface area contributed by atoms with Gasteiger partial charge in [-0.15, -0.1) is 0 Å². The molecule has 0 fully saturated rings. The van der Waals surface area contributed by atoms with Gasteiger partial charge >= 0.3 is 10.1 Å². The molecule has 0 amide bonds. The molecule has 0 aliphatic carbocycles. The van der Waals surface area contributed by atoms with Gasteiger partial charge in [-0.25, -0.2) is 9.37 Å². The van der Waals surface area contributed by atoms with E-state index in [0.717, 1.165) is 6.20 Å². The number of nitrogens with zero attached hydrogens (tertiary/aromatic N) is 1. The number of aromatic nitrogens is 1. The van der Waals surface area contributed by atoms with Crippen LogP contribution in [0.1, 0.15) is 15.9 Å². The highest BCUT2D eigenvalue weighted by atomic mass is 35.5. The third-order valence-electron chi connectivity index (χ3n) is 3.42. The Hall–Kier alpha value is -2.77. The van der Waals surface area contributed by atoms with Crippen LogP contribution in [0.2, 0.25) is 5.15 Å². The SMILES string of the molecule is O=C(c1ccc(F)cc1)c1ccc(OS(=O)(=O)c2ccc(Cl)nc2)cc1. The number of carbonyl (C=O) groups is 1. The van der Waals surface area contributed by atoms with Crippen LogP contribution in [0.4, 0.5) is 4.39 Å². The molecular weight excluding hydrogens is 381 g/mol. The van der Waals surface area contributed by atoms with Crippen molar-refractivity contribution in [3.63, 3.8) is 0 Å². The minimum absolute atomic E-state index is 0.0376. The van der Waals surface area contributed by atoms with E-state index in [1.54, 1.807) is 0 Å². The van der Waals surface area contributed by atoms with Gasteiger partial charge in [-0.2, -0.15) is 8.42 Å². The average molecular weight is 392 g/mol. The van der Waals surface area contributed by atoms with Gasteiger partial charge < -0.3 is 4.18 Å². The molecule has 0 aliphatic rings. The predicted molar refractivity (Wildman–Crippen MR) is 93.3 cm³/mol. The summed E-state index contributed by atoms with van der Waals surface area (Å²) in [7, 11) is -4.07. The molecule has 0 aliphatic heterocycles. The molecule has 26 heavy (non-hydrogen) atoms. The Morgan fingerprint density at radius 2 is 1.50 bits per heavy atom. The lowest BCUT2D eigenvalue weighted by Gasteiger charge is -2.07. The smallest absolute Gasteiger partial charge is 0.340 e. The number of carbonyl (C=O) groups excluding carboxylic acids is 1. The minimum Gasteiger partial charge on any atom is -0.379 e. The quantitative estimate of drug-likeness (QED) is 0.375. The molecule has 1 heterocycles. The second kappa shape index (κ2) is 7.23. The van der Waals surface area contributed by atoms with Crippen molar-refractivity contribution in [2.24, 2.45) is 0 Å². The van der Waals surface area contributed by atoms with Crippen LogP contribution in [-0.4, -0.2) is 19.2 Å². The number of hydrogen-bond acceptors (Lipinski definition) is 5. The molecule has 0 saturated carbocycles. The molecule has 132 valence electrons. The fraction of sp³-hybridized carbons (Fsp3) is 0. The van der Waals surface area contributed by atoms with E-state index in [2.05, 4.69) is 4.98 Å². The Morgan fingerprint density at radius 1 is 0.923 bits per heavy atom. The van der Waals surface area contributed by atoms with Crippen LogP contribution >= 0.6 is 11.6 Å². The Balaban J connectivity index is 1.78. The molecule has 8 heteroatoms. The monoisotopic (exact) mass is 391 g/mol. The topological polar surface area (TPSA) is 73.3 Å². The summed E-state index contributed by atoms with van der Waals surface area (Å²) in [4.78, 5) is 15.9. The van der Waals surface area contributed by atoms with Gasteiger partial charge in [0.15, 0.2) is 5.78 Å². The molecule has 2 aromatic carbocycles. The molecule has 0 spiro atoms. The zero-order valence-electron chi connectivity index (χ0n) is 13.1. The van der Waals surface area contributed by atoms with Crippen LogP contribution < -0.4 is 4.18 Å². The van der Waals surface area contributed by atoms with E-state index in [-0.39, 0.29) is 21.6 Å². The number of rotatable bonds is 5. The van der Waals surface area contributed by atoms with Crippen molar-refractivity contribution in [1.29, 1.82) is 0 Å². The first-order valence-electron chi connectivity index (χ1n) is 7.31. The largest absolute Gasteiger partial charge is 0.379 e. The molecule has 0 bridgehead atoms. The van der Waals surface area contributed by atoms with Crippen molar-refractivity contribution < 1.29 is 21.8 Å². The van der Waals surface area contributed by atoms with Gasteiger partial charge in [0, 0.05) is 11.1 Å². The fourth-order valence-corrected chi connectivity index (χ4v) is 3.10. The third-order valence-corrected chi connectivity index (χ3v) is 4.87. The van der Waals surface area contributed by atoms with Gasteiger partial charge in [-0.1, -0.05) is 11.6 Å². The maximum Gasteiger partial charge on any atom is 0.340 e. The third kappa shape index (κ3) is 4.07. The normalized spacial score (nSPS) is 11.2. The van der Waals surface area contributed by atoms with Crippen LogP contribution in [-0.2, 0) is 10.1 Å². The first-order chi connectivity index (χ1) is 12.3. The first-order valence-corrected chi connectivity index (χ1v) is 9.10. The van der Waals surface area contributed by atoms with Crippen molar-refractivity contribution in [2.75, 3.05) is 0 Å². The van der Waals surface area contributed by atoms with Gasteiger partial charge in [0.1, 0.15) is 21.6 Å². The molecule has 0 radical (unpaired) electrons. The molecule has 3 rings (SSSR count). The van der Waals surface area contributed by atoms with Crippen molar-refractivity contribution in [2.45, 2.75) is 4.90 Å². The fourth-order valence-electron chi connectivity index (χ4n) is 2.11. The van der Waals surface area contributed by atoms with Crippen LogP contribution in [0.3, 0.4) is 0 Å². The first kappa shape index (κ1) is 18.0. The lowest BCUT2D eigenvalue weighted by molar-refractivity contribution is 0.103. The van der Waals surface area contributed by atoms with E-state index in [1.807, 2.05) is 0 Å². The van der Waals surface area contributed by atoms with Gasteiger partial charge in [0.05, 0.1) is 6.20 Å². The second-order valence-electron chi connectivity index (χ2n) is 5.21. The minimum atomic E-state index is -4.07. The number of halogens is 2. The Morgan fingerprint density at radius 3 is 2.04 bits per heavy atom.